The maximum Gasteiger partial charge on any atom is 0.134 e. The van der Waals surface area contributed by atoms with Crippen molar-refractivity contribution in [1.82, 2.24) is 5.32 Å². The summed E-state index contributed by atoms with van der Waals surface area (Å²) in [6, 6.07) is 10.5. The van der Waals surface area contributed by atoms with Crippen molar-refractivity contribution in [2.45, 2.75) is 37.3 Å². The zero-order valence-corrected chi connectivity index (χ0v) is 11.6. The number of para-hydroxylation sites is 1. The van der Waals surface area contributed by atoms with Crippen molar-refractivity contribution in [3.05, 3.63) is 36.1 Å². The molecule has 3 rings (SSSR count). The first kappa shape index (κ1) is 12.7. The van der Waals surface area contributed by atoms with Gasteiger partial charge < -0.3 is 14.5 Å². The first-order valence-electron chi connectivity index (χ1n) is 6.97. The molecule has 1 fully saturated rings. The van der Waals surface area contributed by atoms with E-state index >= 15 is 0 Å². The van der Waals surface area contributed by atoms with Crippen LogP contribution in [-0.2, 0) is 4.74 Å². The minimum absolute atomic E-state index is 0.0483. The molecule has 1 aromatic carbocycles. The number of furan rings is 1. The Balaban J connectivity index is 1.85. The molecular weight excluding hydrogens is 238 g/mol. The van der Waals surface area contributed by atoms with Crippen LogP contribution < -0.4 is 5.32 Å². The number of ether oxygens (including phenoxy) is 1. The van der Waals surface area contributed by atoms with E-state index in [1.165, 1.54) is 6.42 Å². The number of benzene rings is 1. The molecule has 0 amide bonds. The van der Waals surface area contributed by atoms with Crippen molar-refractivity contribution in [2.75, 3.05) is 14.2 Å². The number of hydrogen-bond donors (Lipinski definition) is 1. The Labute approximate surface area is 113 Å². The predicted molar refractivity (Wildman–Crippen MR) is 76.2 cm³/mol. The molecule has 3 nitrogen and oxygen atoms in total. The van der Waals surface area contributed by atoms with Crippen LogP contribution >= 0.6 is 0 Å². The third kappa shape index (κ3) is 2.28. The smallest absolute Gasteiger partial charge is 0.134 e. The predicted octanol–water partition coefficient (Wildman–Crippen LogP) is 3.65. The molecule has 19 heavy (non-hydrogen) atoms. The SMILES string of the molecule is CNC(CC1(OC)CCC1)c1cc2ccccc2o1. The second-order valence-corrected chi connectivity index (χ2v) is 5.47. The van der Waals surface area contributed by atoms with Crippen LogP contribution in [0.2, 0.25) is 0 Å². The Bertz CT molecular complexity index is 518. The standard InChI is InChI=1S/C16H21NO2/c1-17-13(11-16(18-2)8-5-9-16)15-10-12-6-3-4-7-14(12)19-15/h3-4,6-7,10,13,17H,5,8-9,11H2,1-2H3. The molecule has 0 aliphatic heterocycles. The van der Waals surface area contributed by atoms with Gasteiger partial charge in [-0.3, -0.25) is 0 Å². The van der Waals surface area contributed by atoms with Gasteiger partial charge in [-0.25, -0.2) is 0 Å². The molecule has 1 saturated carbocycles. The summed E-state index contributed by atoms with van der Waals surface area (Å²) in [5.41, 5.74) is 1.00. The highest BCUT2D eigenvalue weighted by molar-refractivity contribution is 5.77. The molecule has 0 spiro atoms. The summed E-state index contributed by atoms with van der Waals surface area (Å²) in [6.45, 7) is 0. The van der Waals surface area contributed by atoms with Crippen LogP contribution in [0.15, 0.2) is 34.7 Å². The van der Waals surface area contributed by atoms with Crippen LogP contribution in [0, 0.1) is 0 Å². The number of fused-ring (bicyclic) bond motifs is 1. The van der Waals surface area contributed by atoms with Crippen LogP contribution in [0.25, 0.3) is 11.0 Å². The molecule has 1 aliphatic rings. The van der Waals surface area contributed by atoms with Crippen molar-refractivity contribution in [1.29, 1.82) is 0 Å². The fourth-order valence-corrected chi connectivity index (χ4v) is 2.95. The zero-order chi connectivity index (χ0) is 13.3. The van der Waals surface area contributed by atoms with E-state index in [9.17, 15) is 0 Å². The maximum atomic E-state index is 5.96. The van der Waals surface area contributed by atoms with E-state index in [0.29, 0.717) is 0 Å². The van der Waals surface area contributed by atoms with E-state index in [-0.39, 0.29) is 11.6 Å². The number of methoxy groups -OCH3 is 1. The lowest BCUT2D eigenvalue weighted by atomic mass is 9.75. The van der Waals surface area contributed by atoms with Crippen molar-refractivity contribution in [2.24, 2.45) is 0 Å². The molecule has 3 heteroatoms. The first-order valence-corrected chi connectivity index (χ1v) is 6.97. The number of hydrogen-bond acceptors (Lipinski definition) is 3. The molecule has 1 heterocycles. The summed E-state index contributed by atoms with van der Waals surface area (Å²) in [7, 11) is 3.81. The zero-order valence-electron chi connectivity index (χ0n) is 11.6. The number of rotatable bonds is 5. The van der Waals surface area contributed by atoms with Crippen LogP contribution in [-0.4, -0.2) is 19.8 Å². The summed E-state index contributed by atoms with van der Waals surface area (Å²) < 4.78 is 11.7. The molecule has 102 valence electrons. The average molecular weight is 259 g/mol. The summed E-state index contributed by atoms with van der Waals surface area (Å²) in [5.74, 6) is 1.01. The van der Waals surface area contributed by atoms with E-state index in [1.54, 1.807) is 0 Å². The average Bonchev–Trinajstić information content (AvgIpc) is 2.82. The third-order valence-corrected chi connectivity index (χ3v) is 4.41. The summed E-state index contributed by atoms with van der Waals surface area (Å²) in [4.78, 5) is 0. The Morgan fingerprint density at radius 3 is 2.74 bits per heavy atom. The van der Waals surface area contributed by atoms with Gasteiger partial charge in [0.15, 0.2) is 0 Å². The van der Waals surface area contributed by atoms with Gasteiger partial charge in [0.25, 0.3) is 0 Å². The Morgan fingerprint density at radius 1 is 1.37 bits per heavy atom. The van der Waals surface area contributed by atoms with Crippen molar-refractivity contribution >= 4 is 11.0 Å². The maximum absolute atomic E-state index is 5.96. The van der Waals surface area contributed by atoms with Crippen molar-refractivity contribution < 1.29 is 9.15 Å². The van der Waals surface area contributed by atoms with Gasteiger partial charge in [-0.2, -0.15) is 0 Å². The second-order valence-electron chi connectivity index (χ2n) is 5.47. The summed E-state index contributed by atoms with van der Waals surface area (Å²) >= 11 is 0. The normalized spacial score (nSPS) is 19.3. The largest absolute Gasteiger partial charge is 0.459 e. The van der Waals surface area contributed by atoms with E-state index in [2.05, 4.69) is 17.4 Å². The summed E-state index contributed by atoms with van der Waals surface area (Å²) in [5, 5.41) is 4.53. The molecule has 1 aliphatic carbocycles. The highest BCUT2D eigenvalue weighted by atomic mass is 16.5. The first-order chi connectivity index (χ1) is 9.26. The molecule has 0 radical (unpaired) electrons. The fourth-order valence-electron chi connectivity index (χ4n) is 2.95. The third-order valence-electron chi connectivity index (χ3n) is 4.41. The van der Waals surface area contributed by atoms with Gasteiger partial charge >= 0.3 is 0 Å². The molecule has 0 saturated heterocycles. The van der Waals surface area contributed by atoms with Crippen molar-refractivity contribution in [3.8, 4) is 0 Å². The highest BCUT2D eigenvalue weighted by Crippen LogP contribution is 2.42. The highest BCUT2D eigenvalue weighted by Gasteiger charge is 2.39. The molecule has 1 atom stereocenters. The molecule has 1 aromatic heterocycles. The van der Waals surface area contributed by atoms with Crippen LogP contribution in [0.1, 0.15) is 37.5 Å². The van der Waals surface area contributed by atoms with Gasteiger partial charge in [0.05, 0.1) is 11.6 Å². The monoisotopic (exact) mass is 259 g/mol. The summed E-state index contributed by atoms with van der Waals surface area (Å²) in [6.07, 6.45) is 4.55. The quantitative estimate of drug-likeness (QED) is 0.890. The lowest BCUT2D eigenvalue weighted by Gasteiger charge is -2.42. The van der Waals surface area contributed by atoms with Crippen LogP contribution in [0.5, 0.6) is 0 Å². The molecule has 1 unspecified atom stereocenters. The fraction of sp³-hybridized carbons (Fsp3) is 0.500. The second kappa shape index (κ2) is 4.99. The topological polar surface area (TPSA) is 34.4 Å². The van der Waals surface area contributed by atoms with Crippen molar-refractivity contribution in [3.63, 3.8) is 0 Å². The van der Waals surface area contributed by atoms with Gasteiger partial charge in [0.2, 0.25) is 0 Å². The lowest BCUT2D eigenvalue weighted by molar-refractivity contribution is -0.0844. The van der Waals surface area contributed by atoms with E-state index in [0.717, 1.165) is 36.0 Å². The van der Waals surface area contributed by atoms with E-state index < -0.39 is 0 Å². The lowest BCUT2D eigenvalue weighted by Crippen LogP contribution is -2.42. The molecule has 1 N–H and O–H groups in total. The molecule has 0 bridgehead atoms. The Kier molecular flexibility index (Phi) is 3.33. The van der Waals surface area contributed by atoms with E-state index in [1.807, 2.05) is 32.4 Å². The Morgan fingerprint density at radius 2 is 2.16 bits per heavy atom. The minimum atomic E-state index is 0.0483. The van der Waals surface area contributed by atoms with Gasteiger partial charge in [-0.1, -0.05) is 18.2 Å². The van der Waals surface area contributed by atoms with Gasteiger partial charge in [0, 0.05) is 12.5 Å². The van der Waals surface area contributed by atoms with Crippen LogP contribution in [0.4, 0.5) is 0 Å². The molecule has 2 aromatic rings. The number of nitrogens with one attached hydrogen (secondary N) is 1. The van der Waals surface area contributed by atoms with Gasteiger partial charge in [-0.15, -0.1) is 0 Å². The van der Waals surface area contributed by atoms with Gasteiger partial charge in [0.1, 0.15) is 11.3 Å². The van der Waals surface area contributed by atoms with Crippen LogP contribution in [0.3, 0.4) is 0 Å². The van der Waals surface area contributed by atoms with E-state index in [4.69, 9.17) is 9.15 Å². The Hall–Kier alpha value is -1.32. The van der Waals surface area contributed by atoms with Gasteiger partial charge in [-0.05, 0) is 44.9 Å². The molecular formula is C16H21NO2. The minimum Gasteiger partial charge on any atom is -0.459 e.